The Hall–Kier alpha value is -2.50. The number of fused-ring (bicyclic) bond motifs is 3. The molecule has 28 heavy (non-hydrogen) atoms. The van der Waals surface area contributed by atoms with E-state index in [-0.39, 0.29) is 5.91 Å². The maximum atomic E-state index is 12.7. The Bertz CT molecular complexity index is 1090. The molecule has 0 saturated carbocycles. The number of methoxy groups -OCH3 is 1. The molecule has 7 heteroatoms. The van der Waals surface area contributed by atoms with E-state index in [1.54, 1.807) is 23.1 Å². The third-order valence-electron chi connectivity index (χ3n) is 5.23. The number of nitrogens with one attached hydrogen (secondary N) is 1. The minimum Gasteiger partial charge on any atom is -0.467 e. The van der Waals surface area contributed by atoms with Gasteiger partial charge >= 0.3 is 5.97 Å². The number of para-hydroxylation sites is 1. The van der Waals surface area contributed by atoms with Crippen molar-refractivity contribution in [2.45, 2.75) is 25.4 Å². The largest absolute Gasteiger partial charge is 0.467 e. The van der Waals surface area contributed by atoms with Gasteiger partial charge in [-0.1, -0.05) is 47.5 Å². The van der Waals surface area contributed by atoms with Crippen LogP contribution in [0.1, 0.15) is 29.8 Å². The lowest BCUT2D eigenvalue weighted by atomic mass is 9.88. The number of hydrogen-bond donors (Lipinski definition) is 1. The predicted octanol–water partition coefficient (Wildman–Crippen LogP) is 4.51. The Labute approximate surface area is 172 Å². The molecule has 0 bridgehead atoms. The molecule has 5 nitrogen and oxygen atoms in total. The van der Waals surface area contributed by atoms with Crippen molar-refractivity contribution in [2.24, 2.45) is 0 Å². The number of hydrogen-bond acceptors (Lipinski definition) is 3. The van der Waals surface area contributed by atoms with Gasteiger partial charge < -0.3 is 14.6 Å². The van der Waals surface area contributed by atoms with Crippen molar-refractivity contribution in [1.82, 2.24) is 9.88 Å². The molecule has 1 amide bonds. The molecule has 1 aromatic heterocycles. The van der Waals surface area contributed by atoms with E-state index in [2.05, 4.69) is 4.98 Å². The van der Waals surface area contributed by atoms with Gasteiger partial charge in [0.1, 0.15) is 6.04 Å². The number of nitrogens with zero attached hydrogens (tertiary/aromatic N) is 1. The summed E-state index contributed by atoms with van der Waals surface area (Å²) in [5.74, 6) is -0.697. The van der Waals surface area contributed by atoms with Gasteiger partial charge in [-0.15, -0.1) is 0 Å². The Morgan fingerprint density at radius 2 is 1.93 bits per heavy atom. The summed E-state index contributed by atoms with van der Waals surface area (Å²) in [7, 11) is 1.33. The normalized spacial score (nSPS) is 18.8. The molecule has 2 aromatic carbocycles. The van der Waals surface area contributed by atoms with Crippen molar-refractivity contribution < 1.29 is 14.3 Å². The highest BCUT2D eigenvalue weighted by Gasteiger charge is 2.43. The van der Waals surface area contributed by atoms with Crippen LogP contribution in [0.25, 0.3) is 10.9 Å². The second-order valence-corrected chi connectivity index (χ2v) is 7.64. The van der Waals surface area contributed by atoms with Gasteiger partial charge in [0, 0.05) is 40.0 Å². The number of aromatic nitrogens is 1. The number of ether oxygens (including phenoxy) is 1. The van der Waals surface area contributed by atoms with E-state index in [0.717, 1.165) is 22.2 Å². The van der Waals surface area contributed by atoms with E-state index in [9.17, 15) is 9.59 Å². The van der Waals surface area contributed by atoms with Crippen LogP contribution in [0.2, 0.25) is 10.0 Å². The molecule has 0 aliphatic carbocycles. The second-order valence-electron chi connectivity index (χ2n) is 6.80. The van der Waals surface area contributed by atoms with E-state index >= 15 is 0 Å². The van der Waals surface area contributed by atoms with E-state index in [4.69, 9.17) is 27.9 Å². The van der Waals surface area contributed by atoms with E-state index in [1.165, 1.54) is 14.0 Å². The van der Waals surface area contributed by atoms with Gasteiger partial charge in [0.05, 0.1) is 13.2 Å². The molecule has 4 rings (SSSR count). The number of amides is 1. The zero-order chi connectivity index (χ0) is 20.0. The maximum absolute atomic E-state index is 12.7. The lowest BCUT2D eigenvalue weighted by Gasteiger charge is -2.40. The van der Waals surface area contributed by atoms with Crippen molar-refractivity contribution in [3.63, 3.8) is 0 Å². The van der Waals surface area contributed by atoms with Crippen LogP contribution in [0.4, 0.5) is 0 Å². The average Bonchev–Trinajstić information content (AvgIpc) is 3.04. The number of halogens is 2. The summed E-state index contributed by atoms with van der Waals surface area (Å²) in [6.45, 7) is 1.44. The number of benzene rings is 2. The Kier molecular flexibility index (Phi) is 4.81. The van der Waals surface area contributed by atoms with E-state index in [0.29, 0.717) is 22.0 Å². The van der Waals surface area contributed by atoms with Crippen LogP contribution in [-0.4, -0.2) is 34.9 Å². The summed E-state index contributed by atoms with van der Waals surface area (Å²) in [5.41, 5.74) is 3.47. The quantitative estimate of drug-likeness (QED) is 0.625. The van der Waals surface area contributed by atoms with Crippen molar-refractivity contribution in [3.05, 3.63) is 69.3 Å². The summed E-state index contributed by atoms with van der Waals surface area (Å²) in [5, 5.41) is 1.95. The highest BCUT2D eigenvalue weighted by atomic mass is 35.5. The first-order valence-corrected chi connectivity index (χ1v) is 9.59. The van der Waals surface area contributed by atoms with Crippen LogP contribution in [0.3, 0.4) is 0 Å². The standard InChI is InChI=1S/C21H18Cl2N2O3/c1-11(26)25-18(21(27)28-2)10-15-13-5-3-4-6-17(13)24-19(15)20(25)14-8-7-12(22)9-16(14)23/h3-9,18,20,24H,10H2,1-2H3/t18-,20?/m0/s1. The van der Waals surface area contributed by atoms with Crippen molar-refractivity contribution >= 4 is 46.0 Å². The second kappa shape index (κ2) is 7.15. The SMILES string of the molecule is COC(=O)[C@@H]1Cc2c([nH]c3ccccc23)C(c2ccc(Cl)cc2Cl)N1C(C)=O. The number of esters is 1. The van der Waals surface area contributed by atoms with Gasteiger partial charge in [-0.2, -0.15) is 0 Å². The zero-order valence-electron chi connectivity index (χ0n) is 15.3. The third kappa shape index (κ3) is 2.95. The Morgan fingerprint density at radius 3 is 2.61 bits per heavy atom. The molecule has 1 N–H and O–H groups in total. The molecule has 0 radical (unpaired) electrons. The van der Waals surface area contributed by atoms with Crippen LogP contribution in [0.5, 0.6) is 0 Å². The molecule has 1 unspecified atom stereocenters. The van der Waals surface area contributed by atoms with Gasteiger partial charge in [0.25, 0.3) is 0 Å². The summed E-state index contributed by atoms with van der Waals surface area (Å²) in [4.78, 5) is 30.2. The minimum absolute atomic E-state index is 0.240. The molecule has 0 saturated heterocycles. The molecule has 1 aliphatic heterocycles. The van der Waals surface area contributed by atoms with Crippen LogP contribution in [-0.2, 0) is 20.7 Å². The molecular weight excluding hydrogens is 399 g/mol. The van der Waals surface area contributed by atoms with Gasteiger partial charge in [-0.05, 0) is 29.3 Å². The highest BCUT2D eigenvalue weighted by Crippen LogP contribution is 2.43. The zero-order valence-corrected chi connectivity index (χ0v) is 16.8. The topological polar surface area (TPSA) is 62.4 Å². The van der Waals surface area contributed by atoms with E-state index < -0.39 is 18.1 Å². The van der Waals surface area contributed by atoms with Gasteiger partial charge in [0.2, 0.25) is 5.91 Å². The first-order chi connectivity index (χ1) is 13.4. The predicted molar refractivity (Wildman–Crippen MR) is 109 cm³/mol. The summed E-state index contributed by atoms with van der Waals surface area (Å²) < 4.78 is 5.01. The number of carbonyl (C=O) groups is 2. The fourth-order valence-electron chi connectivity index (χ4n) is 4.05. The summed E-state index contributed by atoms with van der Waals surface area (Å²) in [6.07, 6.45) is 0.368. The molecule has 1 aliphatic rings. The molecule has 2 heterocycles. The van der Waals surface area contributed by atoms with Gasteiger partial charge in [0.15, 0.2) is 0 Å². The van der Waals surface area contributed by atoms with E-state index in [1.807, 2.05) is 24.3 Å². The lowest BCUT2D eigenvalue weighted by Crippen LogP contribution is -2.51. The molecule has 2 atom stereocenters. The van der Waals surface area contributed by atoms with Crippen molar-refractivity contribution in [1.29, 1.82) is 0 Å². The van der Waals surface area contributed by atoms with Crippen molar-refractivity contribution in [3.8, 4) is 0 Å². The van der Waals surface area contributed by atoms with Gasteiger partial charge in [-0.25, -0.2) is 4.79 Å². The Balaban J connectivity index is 2.01. The first kappa shape index (κ1) is 18.8. The number of rotatable bonds is 2. The van der Waals surface area contributed by atoms with Gasteiger partial charge in [-0.3, -0.25) is 4.79 Å². The maximum Gasteiger partial charge on any atom is 0.328 e. The molecule has 0 spiro atoms. The smallest absolute Gasteiger partial charge is 0.328 e. The number of H-pyrrole nitrogens is 1. The van der Waals surface area contributed by atoms with Crippen LogP contribution < -0.4 is 0 Å². The van der Waals surface area contributed by atoms with Crippen molar-refractivity contribution in [2.75, 3.05) is 7.11 Å². The molecule has 3 aromatic rings. The van der Waals surface area contributed by atoms with Crippen LogP contribution >= 0.6 is 23.2 Å². The monoisotopic (exact) mass is 416 g/mol. The summed E-state index contributed by atoms with van der Waals surface area (Å²) >= 11 is 12.6. The highest BCUT2D eigenvalue weighted by molar-refractivity contribution is 6.35. The first-order valence-electron chi connectivity index (χ1n) is 8.83. The number of aromatic amines is 1. The average molecular weight is 417 g/mol. The molecular formula is C21H18Cl2N2O3. The fourth-order valence-corrected chi connectivity index (χ4v) is 4.56. The summed E-state index contributed by atoms with van der Waals surface area (Å²) in [6, 6.07) is 11.7. The molecule has 144 valence electrons. The van der Waals surface area contributed by atoms with Crippen LogP contribution in [0.15, 0.2) is 42.5 Å². The third-order valence-corrected chi connectivity index (χ3v) is 5.79. The lowest BCUT2D eigenvalue weighted by molar-refractivity contribution is -0.154. The Morgan fingerprint density at radius 1 is 1.18 bits per heavy atom. The number of carbonyl (C=O) groups excluding carboxylic acids is 2. The van der Waals surface area contributed by atoms with Crippen LogP contribution in [0, 0.1) is 0 Å². The minimum atomic E-state index is -0.744. The molecule has 0 fully saturated rings. The fraction of sp³-hybridized carbons (Fsp3) is 0.238.